The monoisotopic (exact) mass is 273 g/mol. The molecule has 1 saturated heterocycles. The molecular formula is C12H19NO6. The Morgan fingerprint density at radius 3 is 1.79 bits per heavy atom. The number of carboxylic acids is 2. The van der Waals surface area contributed by atoms with Gasteiger partial charge in [0.2, 0.25) is 0 Å². The van der Waals surface area contributed by atoms with E-state index in [1.807, 2.05) is 0 Å². The normalized spacial score (nSPS) is 23.8. The summed E-state index contributed by atoms with van der Waals surface area (Å²) in [5.74, 6) is -2.42. The van der Waals surface area contributed by atoms with Crippen LogP contribution in [0.4, 0.5) is 4.79 Å². The van der Waals surface area contributed by atoms with Crippen LogP contribution in [-0.2, 0) is 14.3 Å². The summed E-state index contributed by atoms with van der Waals surface area (Å²) in [6, 6.07) is -2.30. The number of hydrogen-bond donors (Lipinski definition) is 2. The standard InChI is InChI=1S/C12H19NO6/c1-12(2,3)19-11(18)13-7(9(14)15)5-4-6-8(13)10(16)17/h7-8H,4-6H2,1-3H3,(H,14,15)(H,16,17)/t7-,8-/m1/s1. The topological polar surface area (TPSA) is 104 Å². The highest BCUT2D eigenvalue weighted by molar-refractivity contribution is 5.86. The lowest BCUT2D eigenvalue weighted by atomic mass is 9.96. The number of amides is 1. The van der Waals surface area contributed by atoms with E-state index in [4.69, 9.17) is 14.9 Å². The Balaban J connectivity index is 3.00. The molecule has 7 heteroatoms. The minimum Gasteiger partial charge on any atom is -0.480 e. The molecule has 0 aromatic heterocycles. The summed E-state index contributed by atoms with van der Waals surface area (Å²) in [6.07, 6.45) is 0.0243. The predicted molar refractivity (Wildman–Crippen MR) is 64.8 cm³/mol. The largest absolute Gasteiger partial charge is 0.480 e. The smallest absolute Gasteiger partial charge is 0.411 e. The lowest BCUT2D eigenvalue weighted by Crippen LogP contribution is -2.57. The first kappa shape index (κ1) is 15.3. The minimum absolute atomic E-state index is 0.234. The van der Waals surface area contributed by atoms with Crippen LogP contribution in [0.2, 0.25) is 0 Å². The molecule has 0 unspecified atom stereocenters. The van der Waals surface area contributed by atoms with E-state index in [2.05, 4.69) is 0 Å². The molecule has 1 amide bonds. The number of carbonyl (C=O) groups is 3. The zero-order chi connectivity index (χ0) is 14.8. The van der Waals surface area contributed by atoms with Gasteiger partial charge in [-0.1, -0.05) is 0 Å². The molecule has 7 nitrogen and oxygen atoms in total. The molecular weight excluding hydrogens is 254 g/mol. The maximum absolute atomic E-state index is 12.0. The van der Waals surface area contributed by atoms with E-state index in [9.17, 15) is 14.4 Å². The Bertz CT molecular complexity index is 364. The zero-order valence-corrected chi connectivity index (χ0v) is 11.3. The van der Waals surface area contributed by atoms with Gasteiger partial charge in [-0.05, 0) is 40.0 Å². The first-order valence-electron chi connectivity index (χ1n) is 6.10. The first-order valence-corrected chi connectivity index (χ1v) is 6.10. The quantitative estimate of drug-likeness (QED) is 0.786. The Kier molecular flexibility index (Phi) is 4.39. The Labute approximate surface area is 111 Å². The van der Waals surface area contributed by atoms with Crippen LogP contribution in [0.3, 0.4) is 0 Å². The highest BCUT2D eigenvalue weighted by Crippen LogP contribution is 2.26. The molecule has 0 bridgehead atoms. The molecule has 1 fully saturated rings. The molecule has 2 atom stereocenters. The van der Waals surface area contributed by atoms with Crippen LogP contribution in [0.5, 0.6) is 0 Å². The van der Waals surface area contributed by atoms with Crippen LogP contribution in [0.1, 0.15) is 40.0 Å². The molecule has 0 saturated carbocycles. The van der Waals surface area contributed by atoms with Crippen molar-refractivity contribution in [1.29, 1.82) is 0 Å². The van der Waals surface area contributed by atoms with Gasteiger partial charge in [-0.15, -0.1) is 0 Å². The number of nitrogens with zero attached hydrogens (tertiary/aromatic N) is 1. The lowest BCUT2D eigenvalue weighted by Gasteiger charge is -2.38. The van der Waals surface area contributed by atoms with Gasteiger partial charge < -0.3 is 14.9 Å². The molecule has 1 aliphatic rings. The van der Waals surface area contributed by atoms with E-state index in [-0.39, 0.29) is 12.8 Å². The summed E-state index contributed by atoms with van der Waals surface area (Å²) >= 11 is 0. The molecule has 2 N–H and O–H groups in total. The molecule has 1 aliphatic heterocycles. The Hall–Kier alpha value is -1.79. The van der Waals surface area contributed by atoms with Crippen LogP contribution in [0.25, 0.3) is 0 Å². The fourth-order valence-corrected chi connectivity index (χ4v) is 2.05. The van der Waals surface area contributed by atoms with Gasteiger partial charge >= 0.3 is 18.0 Å². The number of hydrogen-bond acceptors (Lipinski definition) is 4. The summed E-state index contributed by atoms with van der Waals surface area (Å²) in [5, 5.41) is 18.2. The van der Waals surface area contributed by atoms with E-state index in [1.54, 1.807) is 20.8 Å². The molecule has 1 rings (SSSR count). The second-order valence-electron chi connectivity index (χ2n) is 5.53. The van der Waals surface area contributed by atoms with E-state index in [0.29, 0.717) is 6.42 Å². The third-order valence-electron chi connectivity index (χ3n) is 2.80. The predicted octanol–water partition coefficient (Wildman–Crippen LogP) is 1.31. The lowest BCUT2D eigenvalue weighted by molar-refractivity contribution is -0.153. The number of aliphatic carboxylic acids is 2. The third-order valence-corrected chi connectivity index (χ3v) is 2.80. The van der Waals surface area contributed by atoms with Crippen LogP contribution < -0.4 is 0 Å². The molecule has 0 spiro atoms. The number of rotatable bonds is 2. The average Bonchev–Trinajstić information content (AvgIpc) is 2.25. The van der Waals surface area contributed by atoms with Crippen molar-refractivity contribution in [3.8, 4) is 0 Å². The zero-order valence-electron chi connectivity index (χ0n) is 11.3. The van der Waals surface area contributed by atoms with Crippen molar-refractivity contribution < 1.29 is 29.3 Å². The highest BCUT2D eigenvalue weighted by atomic mass is 16.6. The second-order valence-corrected chi connectivity index (χ2v) is 5.53. The van der Waals surface area contributed by atoms with Crippen molar-refractivity contribution in [1.82, 2.24) is 4.90 Å². The minimum atomic E-state index is -1.21. The second kappa shape index (κ2) is 5.46. The Morgan fingerprint density at radius 2 is 1.47 bits per heavy atom. The van der Waals surface area contributed by atoms with Gasteiger partial charge in [0.05, 0.1) is 0 Å². The van der Waals surface area contributed by atoms with Gasteiger partial charge in [-0.2, -0.15) is 0 Å². The van der Waals surface area contributed by atoms with E-state index >= 15 is 0 Å². The number of carbonyl (C=O) groups excluding carboxylic acids is 1. The molecule has 0 radical (unpaired) electrons. The van der Waals surface area contributed by atoms with Gasteiger partial charge in [0.15, 0.2) is 0 Å². The first-order chi connectivity index (χ1) is 8.63. The molecule has 0 aromatic carbocycles. The molecule has 19 heavy (non-hydrogen) atoms. The molecule has 1 heterocycles. The fraction of sp³-hybridized carbons (Fsp3) is 0.750. The number of likely N-dealkylation sites (tertiary alicyclic amines) is 1. The van der Waals surface area contributed by atoms with Crippen molar-refractivity contribution >= 4 is 18.0 Å². The molecule has 108 valence electrons. The van der Waals surface area contributed by atoms with Gasteiger partial charge in [0, 0.05) is 0 Å². The third kappa shape index (κ3) is 3.84. The van der Waals surface area contributed by atoms with Gasteiger partial charge in [-0.25, -0.2) is 14.4 Å². The summed E-state index contributed by atoms with van der Waals surface area (Å²) in [5.41, 5.74) is -0.805. The summed E-state index contributed by atoms with van der Waals surface area (Å²) in [6.45, 7) is 4.92. The SMILES string of the molecule is CC(C)(C)OC(=O)N1[C@@H](C(=O)O)CCC[C@@H]1C(=O)O. The van der Waals surface area contributed by atoms with E-state index in [1.165, 1.54) is 0 Å². The van der Waals surface area contributed by atoms with Crippen molar-refractivity contribution in [2.45, 2.75) is 57.7 Å². The van der Waals surface area contributed by atoms with Crippen molar-refractivity contribution in [2.24, 2.45) is 0 Å². The van der Waals surface area contributed by atoms with E-state index in [0.717, 1.165) is 4.90 Å². The molecule has 0 aromatic rings. The summed E-state index contributed by atoms with van der Waals surface area (Å²) in [7, 11) is 0. The van der Waals surface area contributed by atoms with Crippen LogP contribution in [0, 0.1) is 0 Å². The summed E-state index contributed by atoms with van der Waals surface area (Å²) in [4.78, 5) is 35.2. The fourth-order valence-electron chi connectivity index (χ4n) is 2.05. The van der Waals surface area contributed by atoms with Crippen molar-refractivity contribution in [2.75, 3.05) is 0 Å². The van der Waals surface area contributed by atoms with Crippen LogP contribution in [-0.4, -0.2) is 50.8 Å². The van der Waals surface area contributed by atoms with Gasteiger partial charge in [0.1, 0.15) is 17.7 Å². The van der Waals surface area contributed by atoms with Gasteiger partial charge in [0.25, 0.3) is 0 Å². The summed E-state index contributed by atoms with van der Waals surface area (Å²) < 4.78 is 5.10. The Morgan fingerprint density at radius 1 is 1.05 bits per heavy atom. The average molecular weight is 273 g/mol. The van der Waals surface area contributed by atoms with Crippen LogP contribution in [0.15, 0.2) is 0 Å². The van der Waals surface area contributed by atoms with E-state index < -0.39 is 35.7 Å². The number of ether oxygens (including phenoxy) is 1. The van der Waals surface area contributed by atoms with Gasteiger partial charge in [-0.3, -0.25) is 4.90 Å². The van der Waals surface area contributed by atoms with Crippen molar-refractivity contribution in [3.05, 3.63) is 0 Å². The number of piperidine rings is 1. The van der Waals surface area contributed by atoms with Crippen molar-refractivity contribution in [3.63, 3.8) is 0 Å². The molecule has 0 aliphatic carbocycles. The maximum atomic E-state index is 12.0. The van der Waals surface area contributed by atoms with Crippen LogP contribution >= 0.6 is 0 Å². The number of carboxylic acid groups (broad SMARTS) is 2. The maximum Gasteiger partial charge on any atom is 0.411 e. The highest BCUT2D eigenvalue weighted by Gasteiger charge is 2.43.